The Kier molecular flexibility index (Phi) is 11.2. The maximum atomic E-state index is 10.7. The second-order valence-corrected chi connectivity index (χ2v) is 2.97. The maximum Gasteiger partial charge on any atom is 0.330 e. The minimum atomic E-state index is -0.626. The molecule has 0 saturated carbocycles. The molecule has 0 aliphatic carbocycles. The summed E-state index contributed by atoms with van der Waals surface area (Å²) >= 11 is 0. The van der Waals surface area contributed by atoms with Crippen molar-refractivity contribution >= 4 is 18.4 Å². The maximum absolute atomic E-state index is 10.7. The van der Waals surface area contributed by atoms with Crippen molar-refractivity contribution in [3.8, 4) is 0 Å². The van der Waals surface area contributed by atoms with Gasteiger partial charge in [-0.2, -0.15) is 0 Å². The Morgan fingerprint density at radius 2 is 2.07 bits per heavy atom. The number of aliphatic hydroxyl groups is 1. The fourth-order valence-electron chi connectivity index (χ4n) is 1.07. The van der Waals surface area contributed by atoms with Crippen molar-refractivity contribution in [1.82, 2.24) is 4.90 Å². The van der Waals surface area contributed by atoms with Crippen LogP contribution in [0.25, 0.3) is 0 Å². The van der Waals surface area contributed by atoms with E-state index in [1.54, 1.807) is 0 Å². The number of halogens is 1. The van der Waals surface area contributed by atoms with Gasteiger partial charge in [0.15, 0.2) is 0 Å². The zero-order valence-electron chi connectivity index (χ0n) is 9.31. The van der Waals surface area contributed by atoms with E-state index in [0.29, 0.717) is 6.54 Å². The van der Waals surface area contributed by atoms with Crippen LogP contribution in [0.1, 0.15) is 13.8 Å². The molecule has 0 aromatic rings. The van der Waals surface area contributed by atoms with Crippen LogP contribution in [0.5, 0.6) is 0 Å². The first-order valence-corrected chi connectivity index (χ1v) is 4.83. The molecule has 0 aliphatic rings. The second kappa shape index (κ2) is 9.96. The van der Waals surface area contributed by atoms with Gasteiger partial charge in [-0.05, 0) is 13.1 Å². The van der Waals surface area contributed by atoms with Gasteiger partial charge in [0, 0.05) is 12.6 Å². The molecule has 0 aliphatic heterocycles. The van der Waals surface area contributed by atoms with Gasteiger partial charge in [0.2, 0.25) is 0 Å². The molecule has 15 heavy (non-hydrogen) atoms. The zero-order chi connectivity index (χ0) is 11.0. The lowest BCUT2D eigenvalue weighted by molar-refractivity contribution is -0.141. The molecular formula is C10H20ClNO3. The highest BCUT2D eigenvalue weighted by Crippen LogP contribution is 1.93. The lowest BCUT2D eigenvalue weighted by Gasteiger charge is -2.21. The van der Waals surface area contributed by atoms with Gasteiger partial charge < -0.3 is 14.7 Å². The molecule has 1 atom stereocenters. The Balaban J connectivity index is 0. The number of aliphatic hydroxyl groups excluding tert-OH is 1. The van der Waals surface area contributed by atoms with Gasteiger partial charge in [0.1, 0.15) is 12.7 Å². The summed E-state index contributed by atoms with van der Waals surface area (Å²) in [6.45, 7) is 9.62. The highest BCUT2D eigenvalue weighted by atomic mass is 35.5. The molecule has 0 fully saturated rings. The molecule has 0 aromatic carbocycles. The number of likely N-dealkylation sites (N-methyl/N-ethyl adjacent to an activating group) is 1. The van der Waals surface area contributed by atoms with Crippen LogP contribution in [0.2, 0.25) is 0 Å². The summed E-state index contributed by atoms with van der Waals surface area (Å²) in [4.78, 5) is 12.7. The summed E-state index contributed by atoms with van der Waals surface area (Å²) < 4.78 is 4.71. The van der Waals surface area contributed by atoms with E-state index in [-0.39, 0.29) is 19.0 Å². The minimum Gasteiger partial charge on any atom is -0.460 e. The Labute approximate surface area is 97.3 Å². The van der Waals surface area contributed by atoms with Crippen LogP contribution in [0.15, 0.2) is 12.7 Å². The second-order valence-electron chi connectivity index (χ2n) is 2.97. The number of nitrogens with zero attached hydrogens (tertiary/aromatic N) is 1. The molecule has 1 N–H and O–H groups in total. The number of carbonyl (C=O) groups is 1. The smallest absolute Gasteiger partial charge is 0.330 e. The van der Waals surface area contributed by atoms with Crippen molar-refractivity contribution in [3.05, 3.63) is 12.7 Å². The van der Waals surface area contributed by atoms with Crippen LogP contribution in [0, 0.1) is 0 Å². The lowest BCUT2D eigenvalue weighted by atomic mass is 10.3. The van der Waals surface area contributed by atoms with Crippen molar-refractivity contribution in [3.63, 3.8) is 0 Å². The van der Waals surface area contributed by atoms with Gasteiger partial charge >= 0.3 is 5.97 Å². The highest BCUT2D eigenvalue weighted by molar-refractivity contribution is 5.85. The third-order valence-corrected chi connectivity index (χ3v) is 1.95. The van der Waals surface area contributed by atoms with Crippen LogP contribution in [0.4, 0.5) is 0 Å². The first-order valence-electron chi connectivity index (χ1n) is 4.83. The van der Waals surface area contributed by atoms with Gasteiger partial charge in [-0.1, -0.05) is 20.4 Å². The number of ether oxygens (including phenoxy) is 1. The van der Waals surface area contributed by atoms with E-state index in [1.165, 1.54) is 0 Å². The molecule has 0 amide bonds. The topological polar surface area (TPSA) is 49.8 Å². The number of hydrogen-bond acceptors (Lipinski definition) is 4. The van der Waals surface area contributed by atoms with E-state index < -0.39 is 12.1 Å². The highest BCUT2D eigenvalue weighted by Gasteiger charge is 2.10. The summed E-state index contributed by atoms with van der Waals surface area (Å²) in [6, 6.07) is 0. The zero-order valence-corrected chi connectivity index (χ0v) is 10.1. The largest absolute Gasteiger partial charge is 0.460 e. The van der Waals surface area contributed by atoms with Crippen molar-refractivity contribution < 1.29 is 14.6 Å². The molecular weight excluding hydrogens is 218 g/mol. The van der Waals surface area contributed by atoms with Gasteiger partial charge in [-0.25, -0.2) is 4.79 Å². The predicted octanol–water partition coefficient (Wildman–Crippen LogP) is 0.840. The summed E-state index contributed by atoms with van der Waals surface area (Å²) in [5.41, 5.74) is 0. The lowest BCUT2D eigenvalue weighted by Crippen LogP contribution is -2.35. The quantitative estimate of drug-likeness (QED) is 0.527. The monoisotopic (exact) mass is 237 g/mol. The molecule has 0 heterocycles. The Hall–Kier alpha value is -0.580. The fraction of sp³-hybridized carbons (Fsp3) is 0.700. The summed E-state index contributed by atoms with van der Waals surface area (Å²) in [6.07, 6.45) is 0.461. The van der Waals surface area contributed by atoms with Crippen molar-refractivity contribution in [1.29, 1.82) is 0 Å². The van der Waals surface area contributed by atoms with E-state index in [0.717, 1.165) is 19.2 Å². The third-order valence-electron chi connectivity index (χ3n) is 1.95. The Bertz CT molecular complexity index is 184. The molecule has 0 radical (unpaired) electrons. The fourth-order valence-corrected chi connectivity index (χ4v) is 1.07. The van der Waals surface area contributed by atoms with E-state index in [2.05, 4.69) is 11.5 Å². The first kappa shape index (κ1) is 16.8. The van der Waals surface area contributed by atoms with Crippen molar-refractivity contribution in [2.45, 2.75) is 20.0 Å². The Morgan fingerprint density at radius 3 is 2.47 bits per heavy atom. The van der Waals surface area contributed by atoms with Crippen LogP contribution in [0.3, 0.4) is 0 Å². The number of rotatable bonds is 7. The molecule has 0 spiro atoms. The van der Waals surface area contributed by atoms with E-state index in [1.807, 2.05) is 13.8 Å². The number of carbonyl (C=O) groups excluding carboxylic acids is 1. The summed E-state index contributed by atoms with van der Waals surface area (Å²) in [5, 5.41) is 9.47. The molecule has 90 valence electrons. The Morgan fingerprint density at radius 1 is 1.53 bits per heavy atom. The van der Waals surface area contributed by atoms with Crippen LogP contribution < -0.4 is 0 Å². The van der Waals surface area contributed by atoms with Gasteiger partial charge in [0.25, 0.3) is 0 Å². The van der Waals surface area contributed by atoms with E-state index in [4.69, 9.17) is 4.74 Å². The van der Waals surface area contributed by atoms with E-state index in [9.17, 15) is 9.90 Å². The molecule has 5 heteroatoms. The molecule has 1 unspecified atom stereocenters. The normalized spacial score (nSPS) is 11.7. The molecule has 0 rings (SSSR count). The first-order chi connectivity index (χ1) is 6.63. The average molecular weight is 238 g/mol. The third kappa shape index (κ3) is 8.42. The molecule has 4 nitrogen and oxygen atoms in total. The standard InChI is InChI=1S/C10H19NO3.ClH/c1-4-10(13)14-8-9(12)7-11(5-2)6-3;/h4,9,12H,1,5-8H2,2-3H3;1H. The molecule has 0 bridgehead atoms. The van der Waals surface area contributed by atoms with Crippen LogP contribution in [-0.2, 0) is 9.53 Å². The predicted molar refractivity (Wildman–Crippen MR) is 62.2 cm³/mol. The van der Waals surface area contributed by atoms with Gasteiger partial charge in [-0.15, -0.1) is 12.4 Å². The van der Waals surface area contributed by atoms with E-state index >= 15 is 0 Å². The average Bonchev–Trinajstić information content (AvgIpc) is 2.22. The SMILES string of the molecule is C=CC(=O)OCC(O)CN(CC)CC.Cl. The number of hydrogen-bond donors (Lipinski definition) is 1. The van der Waals surface area contributed by atoms with Gasteiger partial charge in [-0.3, -0.25) is 0 Å². The van der Waals surface area contributed by atoms with Crippen LogP contribution in [-0.4, -0.2) is 48.3 Å². The van der Waals surface area contributed by atoms with Crippen molar-refractivity contribution in [2.24, 2.45) is 0 Å². The molecule has 0 saturated heterocycles. The van der Waals surface area contributed by atoms with Crippen molar-refractivity contribution in [2.75, 3.05) is 26.2 Å². The van der Waals surface area contributed by atoms with Gasteiger partial charge in [0.05, 0.1) is 0 Å². The van der Waals surface area contributed by atoms with Crippen LogP contribution >= 0.6 is 12.4 Å². The molecule has 0 aromatic heterocycles. The summed E-state index contributed by atoms with van der Waals surface area (Å²) in [7, 11) is 0. The number of esters is 1. The summed E-state index contributed by atoms with van der Waals surface area (Å²) in [5.74, 6) is -0.497. The minimum absolute atomic E-state index is 0.